The summed E-state index contributed by atoms with van der Waals surface area (Å²) in [5.74, 6) is -2.87. The lowest BCUT2D eigenvalue weighted by Crippen LogP contribution is -2.55. The molecule has 0 bridgehead atoms. The number of hydrogen-bond acceptors (Lipinski definition) is 2. The zero-order valence-corrected chi connectivity index (χ0v) is 11.8. The van der Waals surface area contributed by atoms with Gasteiger partial charge in [-0.2, -0.15) is 26.3 Å². The van der Waals surface area contributed by atoms with Crippen molar-refractivity contribution in [3.05, 3.63) is 71.3 Å². The third kappa shape index (κ3) is 2.06. The van der Waals surface area contributed by atoms with Crippen LogP contribution in [0.5, 0.6) is 0 Å². The third-order valence-electron chi connectivity index (χ3n) is 3.94. The molecule has 24 heavy (non-hydrogen) atoms. The number of rotatable bonds is 1. The molecule has 3 rings (SSSR count). The van der Waals surface area contributed by atoms with E-state index in [1.807, 2.05) is 0 Å². The number of halogens is 6. The molecule has 0 saturated heterocycles. The van der Waals surface area contributed by atoms with Gasteiger partial charge < -0.3 is 9.84 Å². The number of fused-ring (bicyclic) bond motifs is 1. The minimum absolute atomic E-state index is 0.229. The Bertz CT molecular complexity index is 739. The largest absolute Gasteiger partial charge is 0.431 e. The average molecular weight is 348 g/mol. The highest BCUT2D eigenvalue weighted by molar-refractivity contribution is 5.47. The Hall–Kier alpha value is -2.06. The van der Waals surface area contributed by atoms with E-state index in [0.29, 0.717) is 6.07 Å². The van der Waals surface area contributed by atoms with Crippen LogP contribution in [-0.2, 0) is 16.1 Å². The van der Waals surface area contributed by atoms with Gasteiger partial charge in [0.2, 0.25) is 5.79 Å². The Morgan fingerprint density at radius 3 is 1.67 bits per heavy atom. The molecule has 1 heterocycles. The highest BCUT2D eigenvalue weighted by Crippen LogP contribution is 2.62. The molecule has 0 radical (unpaired) electrons. The summed E-state index contributed by atoms with van der Waals surface area (Å²) in [5, 5.41) is 10.7. The predicted molar refractivity (Wildman–Crippen MR) is 70.8 cm³/mol. The van der Waals surface area contributed by atoms with Gasteiger partial charge in [0.25, 0.3) is 5.60 Å². The quantitative estimate of drug-likeness (QED) is 0.782. The van der Waals surface area contributed by atoms with E-state index in [2.05, 4.69) is 4.74 Å². The van der Waals surface area contributed by atoms with Gasteiger partial charge in [0, 0.05) is 16.7 Å². The lowest BCUT2D eigenvalue weighted by molar-refractivity contribution is -0.420. The maximum Gasteiger partial charge on any atom is 0.431 e. The van der Waals surface area contributed by atoms with Crippen LogP contribution in [0.1, 0.15) is 16.7 Å². The summed E-state index contributed by atoms with van der Waals surface area (Å²) in [6.07, 6.45) is -11.6. The molecule has 8 heteroatoms. The molecule has 128 valence electrons. The zero-order chi connectivity index (χ0) is 17.8. The van der Waals surface area contributed by atoms with E-state index in [9.17, 15) is 31.4 Å². The lowest BCUT2D eigenvalue weighted by Gasteiger charge is -2.36. The number of hydrogen-bond donors (Lipinski definition) is 1. The van der Waals surface area contributed by atoms with E-state index in [0.717, 1.165) is 12.1 Å². The molecule has 1 unspecified atom stereocenters. The van der Waals surface area contributed by atoms with Gasteiger partial charge in [0.15, 0.2) is 0 Å². The predicted octanol–water partition coefficient (Wildman–Crippen LogP) is 4.23. The molecule has 2 aromatic carbocycles. The lowest BCUT2D eigenvalue weighted by atomic mass is 9.88. The Kier molecular flexibility index (Phi) is 3.47. The maximum absolute atomic E-state index is 13.5. The smallest absolute Gasteiger partial charge is 0.358 e. The minimum atomic E-state index is -5.82. The van der Waals surface area contributed by atoms with Gasteiger partial charge in [-0.3, -0.25) is 0 Å². The van der Waals surface area contributed by atoms with Crippen LogP contribution in [0.4, 0.5) is 26.3 Å². The molecule has 0 aliphatic carbocycles. The fraction of sp³-hybridized carbons (Fsp3) is 0.250. The summed E-state index contributed by atoms with van der Waals surface area (Å²) in [6, 6.07) is 10.6. The maximum atomic E-state index is 13.5. The molecule has 0 saturated carbocycles. The van der Waals surface area contributed by atoms with Crippen molar-refractivity contribution in [2.75, 3.05) is 0 Å². The van der Waals surface area contributed by atoms with E-state index in [4.69, 9.17) is 0 Å². The number of alkyl halides is 6. The first-order valence-electron chi connectivity index (χ1n) is 6.75. The van der Waals surface area contributed by atoms with Gasteiger partial charge in [-0.25, -0.2) is 0 Å². The van der Waals surface area contributed by atoms with Crippen LogP contribution in [0.15, 0.2) is 54.6 Å². The van der Waals surface area contributed by atoms with Crippen molar-refractivity contribution in [2.24, 2.45) is 0 Å². The molecule has 0 amide bonds. The SMILES string of the molecule is OC1(c2ccccc2)OC(C(F)(F)F)(C(F)(F)F)c2ccccc21. The Balaban J connectivity index is 2.34. The second-order valence-electron chi connectivity index (χ2n) is 5.33. The fourth-order valence-corrected chi connectivity index (χ4v) is 2.88. The second kappa shape index (κ2) is 4.97. The molecular weight excluding hydrogens is 338 g/mol. The molecule has 2 aromatic rings. The van der Waals surface area contributed by atoms with E-state index in [1.165, 1.54) is 36.4 Å². The average Bonchev–Trinajstić information content (AvgIpc) is 2.80. The first-order chi connectivity index (χ1) is 11.0. The van der Waals surface area contributed by atoms with E-state index >= 15 is 0 Å². The second-order valence-corrected chi connectivity index (χ2v) is 5.33. The standard InChI is InChI=1S/C16H10F6O2/c17-15(18,19)14(16(20,21)22)12-9-5-4-8-11(12)13(23,24-14)10-6-2-1-3-7-10/h1-9,23H. The third-order valence-corrected chi connectivity index (χ3v) is 3.94. The normalized spacial score (nSPS) is 23.1. The zero-order valence-electron chi connectivity index (χ0n) is 11.8. The van der Waals surface area contributed by atoms with Gasteiger partial charge in [-0.15, -0.1) is 0 Å². The first-order valence-corrected chi connectivity index (χ1v) is 6.75. The van der Waals surface area contributed by atoms with Crippen molar-refractivity contribution < 1.29 is 36.2 Å². The van der Waals surface area contributed by atoms with Crippen molar-refractivity contribution in [1.29, 1.82) is 0 Å². The van der Waals surface area contributed by atoms with Gasteiger partial charge in [-0.1, -0.05) is 54.6 Å². The first kappa shape index (κ1) is 16.8. The van der Waals surface area contributed by atoms with Crippen LogP contribution in [0.25, 0.3) is 0 Å². The molecule has 2 nitrogen and oxygen atoms in total. The molecule has 0 fully saturated rings. The number of aliphatic hydroxyl groups is 1. The van der Waals surface area contributed by atoms with Crippen LogP contribution in [-0.4, -0.2) is 17.5 Å². The molecule has 1 N–H and O–H groups in total. The van der Waals surface area contributed by atoms with Crippen molar-refractivity contribution in [2.45, 2.75) is 23.7 Å². The van der Waals surface area contributed by atoms with Crippen molar-refractivity contribution in [3.8, 4) is 0 Å². The van der Waals surface area contributed by atoms with Crippen LogP contribution >= 0.6 is 0 Å². The van der Waals surface area contributed by atoms with Gasteiger partial charge in [0.05, 0.1) is 0 Å². The molecule has 0 aromatic heterocycles. The van der Waals surface area contributed by atoms with Crippen molar-refractivity contribution in [3.63, 3.8) is 0 Å². The Labute approximate surface area is 132 Å². The monoisotopic (exact) mass is 348 g/mol. The Morgan fingerprint density at radius 2 is 1.17 bits per heavy atom. The summed E-state index contributed by atoms with van der Waals surface area (Å²) in [4.78, 5) is 0. The summed E-state index contributed by atoms with van der Waals surface area (Å²) < 4.78 is 85.4. The minimum Gasteiger partial charge on any atom is -0.358 e. The molecular formula is C16H10F6O2. The van der Waals surface area contributed by atoms with Crippen molar-refractivity contribution in [1.82, 2.24) is 0 Å². The van der Waals surface area contributed by atoms with Crippen LogP contribution in [0.3, 0.4) is 0 Å². The summed E-state index contributed by atoms with van der Waals surface area (Å²) >= 11 is 0. The molecule has 0 spiro atoms. The van der Waals surface area contributed by atoms with Crippen molar-refractivity contribution >= 4 is 0 Å². The van der Waals surface area contributed by atoms with Crippen LogP contribution < -0.4 is 0 Å². The molecule has 1 aliphatic heterocycles. The fourth-order valence-electron chi connectivity index (χ4n) is 2.88. The summed E-state index contributed by atoms with van der Waals surface area (Å²) in [6.45, 7) is 0. The van der Waals surface area contributed by atoms with E-state index < -0.39 is 34.9 Å². The number of benzene rings is 2. The summed E-state index contributed by atoms with van der Waals surface area (Å²) in [7, 11) is 0. The van der Waals surface area contributed by atoms with E-state index in [-0.39, 0.29) is 5.56 Å². The highest BCUT2D eigenvalue weighted by atomic mass is 19.4. The topological polar surface area (TPSA) is 29.5 Å². The van der Waals surface area contributed by atoms with E-state index in [1.54, 1.807) is 0 Å². The van der Waals surface area contributed by atoms with Gasteiger partial charge in [0.1, 0.15) is 0 Å². The highest BCUT2D eigenvalue weighted by Gasteiger charge is 2.79. The van der Waals surface area contributed by atoms with Gasteiger partial charge in [-0.05, 0) is 0 Å². The van der Waals surface area contributed by atoms with Crippen LogP contribution in [0, 0.1) is 0 Å². The Morgan fingerprint density at radius 1 is 0.708 bits per heavy atom. The molecule has 1 atom stereocenters. The van der Waals surface area contributed by atoms with Gasteiger partial charge >= 0.3 is 12.4 Å². The summed E-state index contributed by atoms with van der Waals surface area (Å²) in [5.41, 5.74) is -6.60. The van der Waals surface area contributed by atoms with Crippen LogP contribution in [0.2, 0.25) is 0 Å². The number of ether oxygens (including phenoxy) is 1. The molecule has 1 aliphatic rings.